The number of rotatable bonds is 3. The second kappa shape index (κ2) is 5.67. The first-order chi connectivity index (χ1) is 7.78. The standard InChI is InChI=1S/C13H18ClNO/c14-13-5-1-3-11(7-13)8-15-6-2-4-12(9-15)10-16/h1,3,5,7,12,16H,2,4,6,8-10H2/t12-/m1/s1. The van der Waals surface area contributed by atoms with Gasteiger partial charge in [0, 0.05) is 24.7 Å². The van der Waals surface area contributed by atoms with Crippen molar-refractivity contribution in [2.45, 2.75) is 19.4 Å². The van der Waals surface area contributed by atoms with E-state index in [4.69, 9.17) is 11.6 Å². The topological polar surface area (TPSA) is 23.5 Å². The van der Waals surface area contributed by atoms with Crippen LogP contribution in [0.3, 0.4) is 0 Å². The van der Waals surface area contributed by atoms with Crippen LogP contribution in [-0.4, -0.2) is 29.7 Å². The van der Waals surface area contributed by atoms with E-state index in [2.05, 4.69) is 11.0 Å². The van der Waals surface area contributed by atoms with Crippen LogP contribution in [0.4, 0.5) is 0 Å². The lowest BCUT2D eigenvalue weighted by Crippen LogP contribution is -2.36. The van der Waals surface area contributed by atoms with E-state index in [1.54, 1.807) is 0 Å². The van der Waals surface area contributed by atoms with Crippen molar-refractivity contribution in [1.29, 1.82) is 0 Å². The molecule has 3 heteroatoms. The number of halogens is 1. The van der Waals surface area contributed by atoms with Gasteiger partial charge in [0.05, 0.1) is 0 Å². The van der Waals surface area contributed by atoms with Gasteiger partial charge >= 0.3 is 0 Å². The molecule has 0 aromatic heterocycles. The van der Waals surface area contributed by atoms with E-state index in [9.17, 15) is 5.11 Å². The van der Waals surface area contributed by atoms with Crippen LogP contribution in [0.2, 0.25) is 5.02 Å². The highest BCUT2D eigenvalue weighted by Crippen LogP contribution is 2.19. The number of piperidine rings is 1. The van der Waals surface area contributed by atoms with Gasteiger partial charge in [-0.15, -0.1) is 0 Å². The van der Waals surface area contributed by atoms with Crippen molar-refractivity contribution in [2.75, 3.05) is 19.7 Å². The SMILES string of the molecule is OC[C@@H]1CCCN(Cc2cccc(Cl)c2)C1. The molecule has 0 aliphatic carbocycles. The molecule has 16 heavy (non-hydrogen) atoms. The average Bonchev–Trinajstić information content (AvgIpc) is 2.29. The lowest BCUT2D eigenvalue weighted by atomic mass is 9.98. The summed E-state index contributed by atoms with van der Waals surface area (Å²) in [5.74, 6) is 0.452. The fourth-order valence-electron chi connectivity index (χ4n) is 2.34. The molecule has 1 aromatic carbocycles. The molecule has 0 bridgehead atoms. The Morgan fingerprint density at radius 2 is 2.31 bits per heavy atom. The minimum absolute atomic E-state index is 0.312. The normalized spacial score (nSPS) is 22.2. The Hall–Kier alpha value is -0.570. The van der Waals surface area contributed by atoms with Gasteiger partial charge < -0.3 is 5.11 Å². The molecule has 0 saturated carbocycles. The van der Waals surface area contributed by atoms with Crippen LogP contribution in [0.25, 0.3) is 0 Å². The summed E-state index contributed by atoms with van der Waals surface area (Å²) >= 11 is 5.96. The molecule has 0 amide bonds. The van der Waals surface area contributed by atoms with E-state index < -0.39 is 0 Å². The van der Waals surface area contributed by atoms with Crippen molar-refractivity contribution >= 4 is 11.6 Å². The molecule has 1 fully saturated rings. The zero-order chi connectivity index (χ0) is 11.4. The maximum absolute atomic E-state index is 9.17. The molecule has 2 nitrogen and oxygen atoms in total. The quantitative estimate of drug-likeness (QED) is 0.877. The first kappa shape index (κ1) is 11.9. The first-order valence-corrected chi connectivity index (χ1v) is 6.23. The molecule has 1 saturated heterocycles. The van der Waals surface area contributed by atoms with Gasteiger partial charge in [0.15, 0.2) is 0 Å². The molecule has 88 valence electrons. The lowest BCUT2D eigenvalue weighted by Gasteiger charge is -2.31. The summed E-state index contributed by atoms with van der Waals surface area (Å²) in [5.41, 5.74) is 1.26. The molecular weight excluding hydrogens is 222 g/mol. The third kappa shape index (κ3) is 3.21. The van der Waals surface area contributed by atoms with Crippen LogP contribution in [0.5, 0.6) is 0 Å². The highest BCUT2D eigenvalue weighted by Gasteiger charge is 2.18. The Morgan fingerprint density at radius 3 is 3.06 bits per heavy atom. The number of hydrogen-bond donors (Lipinski definition) is 1. The Balaban J connectivity index is 1.94. The number of hydrogen-bond acceptors (Lipinski definition) is 2. The summed E-state index contributed by atoms with van der Waals surface area (Å²) in [5, 5.41) is 9.97. The van der Waals surface area contributed by atoms with E-state index in [-0.39, 0.29) is 0 Å². The second-order valence-electron chi connectivity index (χ2n) is 4.56. The van der Waals surface area contributed by atoms with Crippen molar-refractivity contribution < 1.29 is 5.11 Å². The molecule has 1 atom stereocenters. The Bertz CT molecular complexity index is 342. The molecule has 1 aliphatic rings. The molecule has 1 N–H and O–H groups in total. The third-order valence-corrected chi connectivity index (χ3v) is 3.39. The highest BCUT2D eigenvalue weighted by molar-refractivity contribution is 6.30. The minimum atomic E-state index is 0.312. The monoisotopic (exact) mass is 239 g/mol. The number of benzene rings is 1. The van der Waals surface area contributed by atoms with E-state index in [1.807, 2.05) is 18.2 Å². The summed E-state index contributed by atoms with van der Waals surface area (Å²) in [7, 11) is 0. The van der Waals surface area contributed by atoms with Gasteiger partial charge in [0.1, 0.15) is 0 Å². The molecule has 1 aliphatic heterocycles. The van der Waals surface area contributed by atoms with E-state index in [1.165, 1.54) is 12.0 Å². The van der Waals surface area contributed by atoms with Crippen LogP contribution < -0.4 is 0 Å². The number of aliphatic hydroxyl groups is 1. The van der Waals surface area contributed by atoms with Crippen LogP contribution in [-0.2, 0) is 6.54 Å². The van der Waals surface area contributed by atoms with E-state index in [0.29, 0.717) is 12.5 Å². The predicted octanol–water partition coefficient (Wildman–Crippen LogP) is 2.54. The summed E-state index contributed by atoms with van der Waals surface area (Å²) in [6.07, 6.45) is 2.34. The fourth-order valence-corrected chi connectivity index (χ4v) is 2.55. The summed E-state index contributed by atoms with van der Waals surface area (Å²) in [4.78, 5) is 2.40. The molecule has 0 radical (unpaired) electrons. The Labute approximate surface area is 102 Å². The van der Waals surface area contributed by atoms with Gasteiger partial charge in [-0.25, -0.2) is 0 Å². The first-order valence-electron chi connectivity index (χ1n) is 5.85. The minimum Gasteiger partial charge on any atom is -0.396 e. The van der Waals surface area contributed by atoms with Gasteiger partial charge in [-0.05, 0) is 43.0 Å². The Kier molecular flexibility index (Phi) is 4.22. The predicted molar refractivity (Wildman–Crippen MR) is 66.5 cm³/mol. The van der Waals surface area contributed by atoms with Gasteiger partial charge in [-0.2, -0.15) is 0 Å². The van der Waals surface area contributed by atoms with E-state index in [0.717, 1.165) is 31.1 Å². The molecular formula is C13H18ClNO. The molecule has 1 heterocycles. The molecule has 1 aromatic rings. The van der Waals surface area contributed by atoms with Crippen LogP contribution in [0.15, 0.2) is 24.3 Å². The van der Waals surface area contributed by atoms with E-state index >= 15 is 0 Å². The summed E-state index contributed by atoms with van der Waals surface area (Å²) in [6, 6.07) is 8.02. The zero-order valence-electron chi connectivity index (χ0n) is 9.40. The number of nitrogens with zero attached hydrogens (tertiary/aromatic N) is 1. The molecule has 0 spiro atoms. The van der Waals surface area contributed by atoms with Gasteiger partial charge in [-0.1, -0.05) is 23.7 Å². The van der Waals surface area contributed by atoms with Crippen molar-refractivity contribution in [3.63, 3.8) is 0 Å². The van der Waals surface area contributed by atoms with Crippen LogP contribution in [0.1, 0.15) is 18.4 Å². The maximum Gasteiger partial charge on any atom is 0.0471 e. The largest absolute Gasteiger partial charge is 0.396 e. The van der Waals surface area contributed by atoms with Crippen LogP contribution in [0, 0.1) is 5.92 Å². The van der Waals surface area contributed by atoms with Crippen molar-refractivity contribution in [1.82, 2.24) is 4.90 Å². The highest BCUT2D eigenvalue weighted by atomic mass is 35.5. The maximum atomic E-state index is 9.17. The van der Waals surface area contributed by atoms with Crippen LogP contribution >= 0.6 is 11.6 Å². The van der Waals surface area contributed by atoms with Crippen molar-refractivity contribution in [2.24, 2.45) is 5.92 Å². The van der Waals surface area contributed by atoms with Gasteiger partial charge in [-0.3, -0.25) is 4.90 Å². The smallest absolute Gasteiger partial charge is 0.0471 e. The van der Waals surface area contributed by atoms with Crippen molar-refractivity contribution in [3.8, 4) is 0 Å². The van der Waals surface area contributed by atoms with Gasteiger partial charge in [0.2, 0.25) is 0 Å². The van der Waals surface area contributed by atoms with Gasteiger partial charge in [0.25, 0.3) is 0 Å². The zero-order valence-corrected chi connectivity index (χ0v) is 10.2. The number of likely N-dealkylation sites (tertiary alicyclic amines) is 1. The van der Waals surface area contributed by atoms with Crippen molar-refractivity contribution in [3.05, 3.63) is 34.9 Å². The number of aliphatic hydroxyl groups excluding tert-OH is 1. The summed E-state index contributed by atoms with van der Waals surface area (Å²) in [6.45, 7) is 3.38. The molecule has 2 rings (SSSR count). The fraction of sp³-hybridized carbons (Fsp3) is 0.538. The third-order valence-electron chi connectivity index (χ3n) is 3.16. The second-order valence-corrected chi connectivity index (χ2v) is 4.99. The molecule has 0 unspecified atom stereocenters. The lowest BCUT2D eigenvalue weighted by molar-refractivity contribution is 0.116. The summed E-state index contributed by atoms with van der Waals surface area (Å²) < 4.78 is 0. The average molecular weight is 240 g/mol. The Morgan fingerprint density at radius 1 is 1.44 bits per heavy atom.